The number of piperazine rings is 1. The molecule has 5 heteroatoms. The first-order valence-electron chi connectivity index (χ1n) is 7.54. The molecule has 4 nitrogen and oxygen atoms in total. The predicted octanol–water partition coefficient (Wildman–Crippen LogP) is 2.26. The van der Waals surface area contributed by atoms with Gasteiger partial charge in [-0.15, -0.1) is 0 Å². The summed E-state index contributed by atoms with van der Waals surface area (Å²) in [5.41, 5.74) is 6.63. The lowest BCUT2D eigenvalue weighted by atomic mass is 9.97. The van der Waals surface area contributed by atoms with Crippen LogP contribution in [0.5, 0.6) is 0 Å². The molecule has 2 atom stereocenters. The van der Waals surface area contributed by atoms with Crippen LogP contribution in [0, 0.1) is 0 Å². The molecule has 2 aliphatic rings. The zero-order valence-corrected chi connectivity index (χ0v) is 12.8. The molecular weight excluding hydrogens is 272 g/mol. The first kappa shape index (κ1) is 14.1. The molecule has 20 heavy (non-hydrogen) atoms. The fourth-order valence-corrected chi connectivity index (χ4v) is 3.74. The monoisotopic (exact) mass is 294 g/mol. The Morgan fingerprint density at radius 2 is 2.25 bits per heavy atom. The summed E-state index contributed by atoms with van der Waals surface area (Å²) in [6.45, 7) is 6.14. The SMILES string of the molecule is CC1CN2CCCCC2CN1c1ncc(CN)cc1Cl. The van der Waals surface area contributed by atoms with Crippen LogP contribution < -0.4 is 10.6 Å². The Labute approximate surface area is 125 Å². The van der Waals surface area contributed by atoms with Gasteiger partial charge in [-0.3, -0.25) is 4.90 Å². The van der Waals surface area contributed by atoms with E-state index in [1.54, 1.807) is 0 Å². The standard InChI is InChI=1S/C15H23ClN4/c1-11-9-19-5-3-2-4-13(19)10-20(11)15-14(16)6-12(7-17)8-18-15/h6,8,11,13H,2-5,7,9-10,17H2,1H3. The molecule has 2 unspecified atom stereocenters. The van der Waals surface area contributed by atoms with Gasteiger partial charge in [0, 0.05) is 37.9 Å². The van der Waals surface area contributed by atoms with E-state index in [1.165, 1.54) is 25.8 Å². The lowest BCUT2D eigenvalue weighted by Gasteiger charge is -2.48. The van der Waals surface area contributed by atoms with Gasteiger partial charge in [0.15, 0.2) is 0 Å². The summed E-state index contributed by atoms with van der Waals surface area (Å²) in [5.74, 6) is 0.918. The Kier molecular flexibility index (Phi) is 4.15. The number of fused-ring (bicyclic) bond motifs is 1. The molecule has 0 radical (unpaired) electrons. The number of nitrogens with two attached hydrogens (primary N) is 1. The van der Waals surface area contributed by atoms with Crippen molar-refractivity contribution in [3.8, 4) is 0 Å². The molecule has 2 saturated heterocycles. The van der Waals surface area contributed by atoms with E-state index in [-0.39, 0.29) is 0 Å². The third kappa shape index (κ3) is 2.65. The molecule has 1 aromatic rings. The molecule has 0 bridgehead atoms. The number of pyridine rings is 1. The summed E-state index contributed by atoms with van der Waals surface area (Å²) in [4.78, 5) is 9.56. The number of halogens is 1. The van der Waals surface area contributed by atoms with Crippen LogP contribution in [0.2, 0.25) is 5.02 Å². The van der Waals surface area contributed by atoms with Gasteiger partial charge in [0.2, 0.25) is 0 Å². The van der Waals surface area contributed by atoms with Gasteiger partial charge >= 0.3 is 0 Å². The van der Waals surface area contributed by atoms with Crippen LogP contribution in [-0.2, 0) is 6.54 Å². The molecule has 0 saturated carbocycles. The van der Waals surface area contributed by atoms with Gasteiger partial charge in [-0.05, 0) is 37.9 Å². The molecule has 2 aliphatic heterocycles. The van der Waals surface area contributed by atoms with E-state index in [0.717, 1.165) is 29.5 Å². The van der Waals surface area contributed by atoms with Crippen LogP contribution in [0.4, 0.5) is 5.82 Å². The van der Waals surface area contributed by atoms with E-state index in [4.69, 9.17) is 17.3 Å². The number of hydrogen-bond donors (Lipinski definition) is 1. The molecule has 0 amide bonds. The maximum absolute atomic E-state index is 6.41. The van der Waals surface area contributed by atoms with Gasteiger partial charge in [0.1, 0.15) is 5.82 Å². The quantitative estimate of drug-likeness (QED) is 0.909. The number of rotatable bonds is 2. The first-order chi connectivity index (χ1) is 9.69. The van der Waals surface area contributed by atoms with Crippen molar-refractivity contribution >= 4 is 17.4 Å². The third-order valence-electron chi connectivity index (χ3n) is 4.57. The summed E-state index contributed by atoms with van der Waals surface area (Å²) >= 11 is 6.41. The second-order valence-corrected chi connectivity index (χ2v) is 6.41. The maximum Gasteiger partial charge on any atom is 0.147 e. The van der Waals surface area contributed by atoms with E-state index in [0.29, 0.717) is 18.6 Å². The van der Waals surface area contributed by atoms with Gasteiger partial charge in [-0.1, -0.05) is 18.0 Å². The minimum atomic E-state index is 0.457. The van der Waals surface area contributed by atoms with Crippen molar-refractivity contribution < 1.29 is 0 Å². The highest BCUT2D eigenvalue weighted by molar-refractivity contribution is 6.33. The van der Waals surface area contributed by atoms with E-state index in [9.17, 15) is 0 Å². The first-order valence-corrected chi connectivity index (χ1v) is 7.92. The van der Waals surface area contributed by atoms with Crippen LogP contribution in [0.3, 0.4) is 0 Å². The van der Waals surface area contributed by atoms with Crippen LogP contribution in [0.1, 0.15) is 31.7 Å². The van der Waals surface area contributed by atoms with E-state index < -0.39 is 0 Å². The van der Waals surface area contributed by atoms with Crippen molar-refractivity contribution in [1.82, 2.24) is 9.88 Å². The highest BCUT2D eigenvalue weighted by Crippen LogP contribution is 2.31. The fourth-order valence-electron chi connectivity index (χ4n) is 3.44. The predicted molar refractivity (Wildman–Crippen MR) is 83.2 cm³/mol. The smallest absolute Gasteiger partial charge is 0.147 e. The average Bonchev–Trinajstić information content (AvgIpc) is 2.46. The van der Waals surface area contributed by atoms with Crippen molar-refractivity contribution in [1.29, 1.82) is 0 Å². The van der Waals surface area contributed by atoms with Crippen LogP contribution in [0.25, 0.3) is 0 Å². The Morgan fingerprint density at radius 1 is 1.40 bits per heavy atom. The normalized spacial score (nSPS) is 27.4. The molecule has 0 aliphatic carbocycles. The van der Waals surface area contributed by atoms with Crippen LogP contribution >= 0.6 is 11.6 Å². The van der Waals surface area contributed by atoms with E-state index in [2.05, 4.69) is 21.7 Å². The molecular formula is C15H23ClN4. The Morgan fingerprint density at radius 3 is 3.00 bits per heavy atom. The second-order valence-electron chi connectivity index (χ2n) is 6.00. The largest absolute Gasteiger partial charge is 0.350 e. The zero-order chi connectivity index (χ0) is 14.1. The molecule has 0 aromatic carbocycles. The minimum absolute atomic E-state index is 0.457. The number of hydrogen-bond acceptors (Lipinski definition) is 4. The van der Waals surface area contributed by atoms with Crippen molar-refractivity contribution in [3.05, 3.63) is 22.8 Å². The molecule has 2 N–H and O–H groups in total. The topological polar surface area (TPSA) is 45.4 Å². The van der Waals surface area contributed by atoms with Crippen molar-refractivity contribution in [3.63, 3.8) is 0 Å². The number of anilines is 1. The van der Waals surface area contributed by atoms with Crippen molar-refractivity contribution in [2.24, 2.45) is 5.73 Å². The van der Waals surface area contributed by atoms with E-state index in [1.807, 2.05) is 12.3 Å². The molecule has 3 heterocycles. The summed E-state index contributed by atoms with van der Waals surface area (Å²) < 4.78 is 0. The number of piperidine rings is 1. The zero-order valence-electron chi connectivity index (χ0n) is 12.1. The molecule has 3 rings (SSSR count). The summed E-state index contributed by atoms with van der Waals surface area (Å²) in [7, 11) is 0. The second kappa shape index (κ2) is 5.88. The van der Waals surface area contributed by atoms with Crippen LogP contribution in [-0.4, -0.2) is 41.6 Å². The number of aromatic nitrogens is 1. The van der Waals surface area contributed by atoms with Gasteiger partial charge < -0.3 is 10.6 Å². The Bertz CT molecular complexity index is 479. The summed E-state index contributed by atoms with van der Waals surface area (Å²) in [6, 6.07) is 3.06. The highest BCUT2D eigenvalue weighted by atomic mass is 35.5. The average molecular weight is 295 g/mol. The van der Waals surface area contributed by atoms with Crippen LogP contribution in [0.15, 0.2) is 12.3 Å². The molecule has 110 valence electrons. The lowest BCUT2D eigenvalue weighted by Crippen LogP contribution is -2.59. The summed E-state index contributed by atoms with van der Waals surface area (Å²) in [6.07, 6.45) is 5.83. The maximum atomic E-state index is 6.41. The number of nitrogens with zero attached hydrogens (tertiary/aromatic N) is 3. The lowest BCUT2D eigenvalue weighted by molar-refractivity contribution is 0.115. The molecule has 2 fully saturated rings. The van der Waals surface area contributed by atoms with E-state index >= 15 is 0 Å². The summed E-state index contributed by atoms with van der Waals surface area (Å²) in [5, 5.41) is 0.726. The third-order valence-corrected chi connectivity index (χ3v) is 4.85. The van der Waals surface area contributed by atoms with Gasteiger partial charge in [-0.2, -0.15) is 0 Å². The van der Waals surface area contributed by atoms with Gasteiger partial charge in [-0.25, -0.2) is 4.98 Å². The Balaban J connectivity index is 1.82. The molecule has 1 aromatic heterocycles. The molecule has 0 spiro atoms. The fraction of sp³-hybridized carbons (Fsp3) is 0.667. The highest BCUT2D eigenvalue weighted by Gasteiger charge is 2.34. The van der Waals surface area contributed by atoms with Crippen molar-refractivity contribution in [2.75, 3.05) is 24.5 Å². The van der Waals surface area contributed by atoms with Gasteiger partial charge in [0.25, 0.3) is 0 Å². The van der Waals surface area contributed by atoms with Crippen molar-refractivity contribution in [2.45, 2.75) is 44.8 Å². The Hall–Kier alpha value is -0.840. The van der Waals surface area contributed by atoms with Gasteiger partial charge in [0.05, 0.1) is 5.02 Å². The minimum Gasteiger partial charge on any atom is -0.350 e.